The topological polar surface area (TPSA) is 62.6 Å². The number of fused-ring (bicyclic) bond motifs is 1. The average molecular weight is 554 g/mol. The van der Waals surface area contributed by atoms with Gasteiger partial charge in [0.2, 0.25) is 0 Å². The molecule has 2 aromatic carbocycles. The van der Waals surface area contributed by atoms with Gasteiger partial charge in [0, 0.05) is 43.8 Å². The number of benzene rings is 2. The van der Waals surface area contributed by atoms with Crippen LogP contribution in [0.15, 0.2) is 48.5 Å². The largest absolute Gasteiger partial charge is 0.573 e. The van der Waals surface area contributed by atoms with Gasteiger partial charge in [-0.25, -0.2) is 4.98 Å². The highest BCUT2D eigenvalue weighted by atomic mass is 19.4. The molecule has 1 amide bonds. The van der Waals surface area contributed by atoms with Crippen LogP contribution in [0.25, 0.3) is 0 Å². The van der Waals surface area contributed by atoms with E-state index in [1.807, 2.05) is 6.92 Å². The zero-order chi connectivity index (χ0) is 28.1. The van der Waals surface area contributed by atoms with Crippen molar-refractivity contribution in [2.75, 3.05) is 31.6 Å². The van der Waals surface area contributed by atoms with Gasteiger partial charge in [-0.2, -0.15) is 0 Å². The number of carbonyl (C=O) groups excluding carboxylic acids is 1. The minimum Gasteiger partial charge on any atom is -0.406 e. The first-order chi connectivity index (χ1) is 19.1. The van der Waals surface area contributed by atoms with Gasteiger partial charge in [-0.15, -0.1) is 13.2 Å². The number of aromatic nitrogens is 2. The summed E-state index contributed by atoms with van der Waals surface area (Å²) in [5.41, 5.74) is 5.12. The van der Waals surface area contributed by atoms with Crippen LogP contribution >= 0.6 is 0 Å². The Morgan fingerprint density at radius 3 is 2.42 bits per heavy atom. The molecule has 0 bridgehead atoms. The molecule has 40 heavy (non-hydrogen) atoms. The minimum absolute atomic E-state index is 0.0732. The summed E-state index contributed by atoms with van der Waals surface area (Å²) in [4.78, 5) is 22.4. The number of carbonyl (C=O) groups is 1. The number of alkyl halides is 3. The molecule has 2 fully saturated rings. The van der Waals surface area contributed by atoms with Crippen LogP contribution in [-0.4, -0.2) is 53.4 Å². The molecule has 10 heteroatoms. The highest BCUT2D eigenvalue weighted by Gasteiger charge is 2.52. The van der Waals surface area contributed by atoms with Crippen molar-refractivity contribution in [1.82, 2.24) is 19.8 Å². The quantitative estimate of drug-likeness (QED) is 0.441. The predicted octanol–water partition coefficient (Wildman–Crippen LogP) is 5.10. The van der Waals surface area contributed by atoms with E-state index < -0.39 is 6.36 Å². The van der Waals surface area contributed by atoms with Crippen LogP contribution in [0.1, 0.15) is 58.8 Å². The van der Waals surface area contributed by atoms with Gasteiger partial charge < -0.3 is 19.5 Å². The third-order valence-corrected chi connectivity index (χ3v) is 8.54. The Labute approximate surface area is 231 Å². The first kappa shape index (κ1) is 26.7. The maximum Gasteiger partial charge on any atom is 0.573 e. The van der Waals surface area contributed by atoms with E-state index in [-0.39, 0.29) is 17.1 Å². The molecule has 3 heterocycles. The van der Waals surface area contributed by atoms with Crippen molar-refractivity contribution in [1.29, 1.82) is 0 Å². The van der Waals surface area contributed by atoms with Crippen molar-refractivity contribution in [3.63, 3.8) is 0 Å². The first-order valence-electron chi connectivity index (χ1n) is 13.9. The number of hydrogen-bond acceptors (Lipinski definition) is 5. The number of ether oxygens (including phenoxy) is 1. The van der Waals surface area contributed by atoms with Gasteiger partial charge in [0.25, 0.3) is 5.91 Å². The predicted molar refractivity (Wildman–Crippen MR) is 145 cm³/mol. The molecule has 7 nitrogen and oxygen atoms in total. The molecular formula is C30H34F3N5O2. The minimum atomic E-state index is -4.67. The molecule has 2 aliphatic heterocycles. The molecule has 1 saturated heterocycles. The summed E-state index contributed by atoms with van der Waals surface area (Å²) in [6.07, 6.45) is -1.86. The Bertz CT molecular complexity index is 1370. The Balaban J connectivity index is 0.990. The Morgan fingerprint density at radius 2 is 1.77 bits per heavy atom. The maximum atomic E-state index is 13.1. The Kier molecular flexibility index (Phi) is 6.76. The molecule has 0 unspecified atom stereocenters. The molecule has 0 atom stereocenters. The lowest BCUT2D eigenvalue weighted by atomic mass is 9.56. The number of rotatable bonds is 7. The fourth-order valence-corrected chi connectivity index (χ4v) is 6.46. The van der Waals surface area contributed by atoms with Gasteiger partial charge in [0.05, 0.1) is 12.2 Å². The van der Waals surface area contributed by atoms with Crippen LogP contribution < -0.4 is 15.0 Å². The number of halogens is 3. The summed E-state index contributed by atoms with van der Waals surface area (Å²) in [6.45, 7) is 6.89. The van der Waals surface area contributed by atoms with Crippen LogP contribution in [0.5, 0.6) is 5.75 Å². The molecule has 3 aliphatic rings. The highest BCUT2D eigenvalue weighted by Crippen LogP contribution is 2.56. The number of nitrogens with zero attached hydrogens (tertiary/aromatic N) is 4. The number of hydrogen-bond donors (Lipinski definition) is 1. The van der Waals surface area contributed by atoms with Gasteiger partial charge in [-0.3, -0.25) is 9.69 Å². The SMILES string of the molecule is CCc1nc2n(c1C(=O)NCc1ccc(N3CC4(CC(c5ccc(OC(F)(F)F)cc5)C4)C3)cc1)CCN(C)C2. The van der Waals surface area contributed by atoms with E-state index in [1.165, 1.54) is 17.8 Å². The lowest BCUT2D eigenvalue weighted by Crippen LogP contribution is -2.61. The first-order valence-corrected chi connectivity index (χ1v) is 13.9. The third kappa shape index (κ3) is 5.29. The van der Waals surface area contributed by atoms with Crippen molar-refractivity contribution in [2.45, 2.75) is 58.1 Å². The van der Waals surface area contributed by atoms with Gasteiger partial charge in [0.1, 0.15) is 17.3 Å². The molecule has 212 valence electrons. The van der Waals surface area contributed by atoms with E-state index in [2.05, 4.69) is 55.7 Å². The molecule has 0 radical (unpaired) electrons. The molecule has 1 N–H and O–H groups in total. The summed E-state index contributed by atoms with van der Waals surface area (Å²) in [5.74, 6) is 1.08. The normalized spacial score (nSPS) is 18.7. The van der Waals surface area contributed by atoms with E-state index in [1.54, 1.807) is 12.1 Å². The summed E-state index contributed by atoms with van der Waals surface area (Å²) in [5, 5.41) is 3.09. The lowest BCUT2D eigenvalue weighted by molar-refractivity contribution is -0.274. The second-order valence-corrected chi connectivity index (χ2v) is 11.5. The van der Waals surface area contributed by atoms with Gasteiger partial charge in [-0.1, -0.05) is 31.2 Å². The number of imidazole rings is 1. The van der Waals surface area contributed by atoms with E-state index in [0.29, 0.717) is 18.2 Å². The van der Waals surface area contributed by atoms with Gasteiger partial charge >= 0.3 is 6.36 Å². The zero-order valence-electron chi connectivity index (χ0n) is 22.8. The van der Waals surface area contributed by atoms with E-state index in [4.69, 9.17) is 4.98 Å². The van der Waals surface area contributed by atoms with Crippen molar-refractivity contribution in [2.24, 2.45) is 5.41 Å². The van der Waals surface area contributed by atoms with Crippen molar-refractivity contribution >= 4 is 11.6 Å². The second-order valence-electron chi connectivity index (χ2n) is 11.5. The van der Waals surface area contributed by atoms with Gasteiger partial charge in [-0.05, 0) is 67.6 Å². The Hall–Kier alpha value is -3.53. The summed E-state index contributed by atoms with van der Waals surface area (Å²) in [7, 11) is 2.07. The van der Waals surface area contributed by atoms with Crippen molar-refractivity contribution in [3.8, 4) is 5.75 Å². The molecule has 1 saturated carbocycles. The number of aryl methyl sites for hydroxylation is 1. The van der Waals surface area contributed by atoms with Crippen LogP contribution in [0, 0.1) is 5.41 Å². The summed E-state index contributed by atoms with van der Waals surface area (Å²) < 4.78 is 43.2. The Morgan fingerprint density at radius 1 is 1.07 bits per heavy atom. The highest BCUT2D eigenvalue weighted by molar-refractivity contribution is 5.94. The molecule has 1 spiro atoms. The zero-order valence-corrected chi connectivity index (χ0v) is 22.8. The number of amides is 1. The second kappa shape index (κ2) is 10.1. The molecule has 6 rings (SSSR count). The average Bonchev–Trinajstić information content (AvgIpc) is 3.24. The number of anilines is 1. The van der Waals surface area contributed by atoms with E-state index in [0.717, 1.165) is 74.6 Å². The molecular weight excluding hydrogens is 519 g/mol. The standard InChI is InChI=1S/C30H34F3N5O2/c1-3-25-27(38-13-12-36(2)17-26(38)35-25)28(39)34-16-20-4-8-23(9-5-20)37-18-29(19-37)14-22(15-29)21-6-10-24(11-7-21)40-30(31,32)33/h4-11,22H,3,12-19H2,1-2H3,(H,34,39). The van der Waals surface area contributed by atoms with Crippen molar-refractivity contribution < 1.29 is 22.7 Å². The van der Waals surface area contributed by atoms with E-state index >= 15 is 0 Å². The number of nitrogens with one attached hydrogen (secondary N) is 1. The number of likely N-dealkylation sites (N-methyl/N-ethyl adjacent to an activating group) is 1. The smallest absolute Gasteiger partial charge is 0.406 e. The van der Waals surface area contributed by atoms with Crippen LogP contribution in [0.2, 0.25) is 0 Å². The molecule has 1 aliphatic carbocycles. The molecule has 1 aromatic heterocycles. The van der Waals surface area contributed by atoms with Crippen molar-refractivity contribution in [3.05, 3.63) is 76.9 Å². The third-order valence-electron chi connectivity index (χ3n) is 8.54. The van der Waals surface area contributed by atoms with Crippen LogP contribution in [-0.2, 0) is 26.1 Å². The lowest BCUT2D eigenvalue weighted by Gasteiger charge is -2.60. The van der Waals surface area contributed by atoms with Gasteiger partial charge in [0.15, 0.2) is 0 Å². The van der Waals surface area contributed by atoms with Crippen LogP contribution in [0.3, 0.4) is 0 Å². The summed E-state index contributed by atoms with van der Waals surface area (Å²) in [6, 6.07) is 14.6. The van der Waals surface area contributed by atoms with E-state index in [9.17, 15) is 18.0 Å². The fraction of sp³-hybridized carbons (Fsp3) is 0.467. The maximum absolute atomic E-state index is 13.1. The summed E-state index contributed by atoms with van der Waals surface area (Å²) >= 11 is 0. The monoisotopic (exact) mass is 553 g/mol. The molecule has 3 aromatic rings. The fourth-order valence-electron chi connectivity index (χ4n) is 6.46. The van der Waals surface area contributed by atoms with Crippen LogP contribution in [0.4, 0.5) is 18.9 Å².